The van der Waals surface area contributed by atoms with Crippen LogP contribution in [0.4, 0.5) is 0 Å². The molecular formula is C19H18O11. The van der Waals surface area contributed by atoms with Gasteiger partial charge >= 0.3 is 0 Å². The van der Waals surface area contributed by atoms with E-state index in [4.69, 9.17) is 13.9 Å². The molecule has 11 heteroatoms. The van der Waals surface area contributed by atoms with E-state index in [1.165, 1.54) is 12.1 Å². The summed E-state index contributed by atoms with van der Waals surface area (Å²) in [6.45, 7) is -0.698. The highest BCUT2D eigenvalue weighted by Crippen LogP contribution is 2.42. The van der Waals surface area contributed by atoms with Gasteiger partial charge in [-0.25, -0.2) is 0 Å². The molecule has 1 fully saturated rings. The van der Waals surface area contributed by atoms with Crippen LogP contribution in [0.2, 0.25) is 0 Å². The number of phenols is 3. The van der Waals surface area contributed by atoms with E-state index in [2.05, 4.69) is 0 Å². The first-order valence-corrected chi connectivity index (χ1v) is 8.84. The Labute approximate surface area is 167 Å². The van der Waals surface area contributed by atoms with Crippen LogP contribution in [0.15, 0.2) is 33.5 Å². The molecule has 0 amide bonds. The first-order chi connectivity index (χ1) is 14.2. The summed E-state index contributed by atoms with van der Waals surface area (Å²) in [6, 6.07) is 4.51. The van der Waals surface area contributed by atoms with E-state index in [1.807, 2.05) is 0 Å². The lowest BCUT2D eigenvalue weighted by atomic mass is 9.99. The molecule has 160 valence electrons. The molecule has 5 atom stereocenters. The molecule has 30 heavy (non-hydrogen) atoms. The van der Waals surface area contributed by atoms with Crippen molar-refractivity contribution >= 4 is 21.9 Å². The van der Waals surface area contributed by atoms with Gasteiger partial charge in [-0.2, -0.15) is 0 Å². The highest BCUT2D eigenvalue weighted by atomic mass is 16.7. The smallest absolute Gasteiger partial charge is 0.229 e. The molecule has 0 unspecified atom stereocenters. The Morgan fingerprint density at radius 3 is 2.40 bits per heavy atom. The van der Waals surface area contributed by atoms with E-state index in [1.54, 1.807) is 0 Å². The number of aliphatic hydroxyl groups excluding tert-OH is 4. The predicted molar refractivity (Wildman–Crippen MR) is 99.4 cm³/mol. The summed E-state index contributed by atoms with van der Waals surface area (Å²) in [5.74, 6) is -1.98. The Balaban J connectivity index is 1.88. The molecule has 1 aliphatic rings. The van der Waals surface area contributed by atoms with Crippen LogP contribution >= 0.6 is 0 Å². The molecule has 11 nitrogen and oxygen atoms in total. The molecule has 0 saturated carbocycles. The van der Waals surface area contributed by atoms with E-state index >= 15 is 0 Å². The van der Waals surface area contributed by atoms with Gasteiger partial charge in [-0.05, 0) is 18.2 Å². The first kappa shape index (κ1) is 20.2. The van der Waals surface area contributed by atoms with Gasteiger partial charge in [0, 0.05) is 6.07 Å². The summed E-state index contributed by atoms with van der Waals surface area (Å²) >= 11 is 0. The van der Waals surface area contributed by atoms with E-state index in [0.29, 0.717) is 0 Å². The van der Waals surface area contributed by atoms with Crippen LogP contribution in [0.1, 0.15) is 0 Å². The van der Waals surface area contributed by atoms with Gasteiger partial charge in [0.25, 0.3) is 0 Å². The van der Waals surface area contributed by atoms with Crippen LogP contribution in [-0.2, 0) is 4.74 Å². The molecule has 7 N–H and O–H groups in total. The minimum Gasteiger partial charge on any atom is -0.508 e. The number of aromatic hydroxyl groups is 3. The lowest BCUT2D eigenvalue weighted by Gasteiger charge is -2.39. The predicted octanol–water partition coefficient (Wildman–Crippen LogP) is -0.758. The minimum absolute atomic E-state index is 0.00829. The van der Waals surface area contributed by atoms with Crippen LogP contribution in [0.3, 0.4) is 0 Å². The molecule has 2 aromatic carbocycles. The summed E-state index contributed by atoms with van der Waals surface area (Å²) in [7, 11) is 0. The normalized spacial score (nSPS) is 26.9. The topological polar surface area (TPSA) is 190 Å². The van der Waals surface area contributed by atoms with Crippen molar-refractivity contribution in [3.05, 3.63) is 34.5 Å². The Morgan fingerprint density at radius 1 is 0.967 bits per heavy atom. The minimum atomic E-state index is -1.78. The lowest BCUT2D eigenvalue weighted by molar-refractivity contribution is -0.277. The van der Waals surface area contributed by atoms with Gasteiger partial charge in [0.1, 0.15) is 46.9 Å². The number of benzene rings is 2. The fourth-order valence-electron chi connectivity index (χ4n) is 3.35. The Hall–Kier alpha value is -3.09. The van der Waals surface area contributed by atoms with Crippen LogP contribution in [-0.4, -0.2) is 73.1 Å². The maximum atomic E-state index is 12.8. The van der Waals surface area contributed by atoms with Gasteiger partial charge < -0.3 is 49.6 Å². The summed E-state index contributed by atoms with van der Waals surface area (Å²) < 4.78 is 16.3. The van der Waals surface area contributed by atoms with Gasteiger partial charge in [-0.1, -0.05) is 0 Å². The number of rotatable bonds is 3. The van der Waals surface area contributed by atoms with Crippen molar-refractivity contribution in [3.8, 4) is 23.0 Å². The maximum absolute atomic E-state index is 12.8. The van der Waals surface area contributed by atoms with E-state index in [0.717, 1.165) is 12.1 Å². The van der Waals surface area contributed by atoms with Crippen molar-refractivity contribution in [2.75, 3.05) is 6.61 Å². The number of aliphatic hydroxyl groups is 4. The van der Waals surface area contributed by atoms with Crippen molar-refractivity contribution in [2.24, 2.45) is 0 Å². The molecule has 0 bridgehead atoms. The summed E-state index contributed by atoms with van der Waals surface area (Å²) in [4.78, 5) is 12.8. The molecule has 2 heterocycles. The molecule has 1 saturated heterocycles. The van der Waals surface area contributed by atoms with Crippen molar-refractivity contribution in [1.29, 1.82) is 0 Å². The number of ether oxygens (including phenoxy) is 2. The zero-order valence-electron chi connectivity index (χ0n) is 15.2. The van der Waals surface area contributed by atoms with Crippen molar-refractivity contribution < 1.29 is 49.6 Å². The summed E-state index contributed by atoms with van der Waals surface area (Å²) in [5.41, 5.74) is -1.10. The van der Waals surface area contributed by atoms with Gasteiger partial charge in [0.2, 0.25) is 17.5 Å². The highest BCUT2D eigenvalue weighted by molar-refractivity contribution is 5.97. The molecule has 0 spiro atoms. The second kappa shape index (κ2) is 7.31. The van der Waals surface area contributed by atoms with E-state index in [-0.39, 0.29) is 27.7 Å². The molecule has 4 rings (SSSR count). The number of fused-ring (bicyclic) bond motifs is 2. The SMILES string of the molecule is O=c1c2cc(O)ccc2oc2c(O[C@H]3O[C@H](CO)[C@H](O)[C@@H](O)[C@H]3O)c(O)cc(O)c12. The summed E-state index contributed by atoms with van der Waals surface area (Å²) in [5, 5.41) is 68.9. The number of hydrogen-bond donors (Lipinski definition) is 7. The average Bonchev–Trinajstić information content (AvgIpc) is 2.71. The average molecular weight is 422 g/mol. The largest absolute Gasteiger partial charge is 0.508 e. The Morgan fingerprint density at radius 2 is 1.70 bits per heavy atom. The zero-order valence-corrected chi connectivity index (χ0v) is 15.2. The van der Waals surface area contributed by atoms with E-state index in [9.17, 15) is 40.5 Å². The van der Waals surface area contributed by atoms with Crippen LogP contribution in [0.25, 0.3) is 21.9 Å². The maximum Gasteiger partial charge on any atom is 0.229 e. The van der Waals surface area contributed by atoms with Crippen molar-refractivity contribution in [3.63, 3.8) is 0 Å². The van der Waals surface area contributed by atoms with Gasteiger partial charge in [-0.3, -0.25) is 4.79 Å². The third-order valence-corrected chi connectivity index (χ3v) is 4.92. The van der Waals surface area contributed by atoms with Crippen molar-refractivity contribution in [1.82, 2.24) is 0 Å². The number of phenolic OH excluding ortho intramolecular Hbond substituents is 3. The highest BCUT2D eigenvalue weighted by Gasteiger charge is 2.45. The second-order valence-electron chi connectivity index (χ2n) is 6.87. The van der Waals surface area contributed by atoms with E-state index < -0.39 is 60.0 Å². The molecule has 0 radical (unpaired) electrons. The van der Waals surface area contributed by atoms with Gasteiger partial charge in [-0.15, -0.1) is 0 Å². The van der Waals surface area contributed by atoms with Gasteiger partial charge in [0.05, 0.1) is 12.0 Å². The number of hydrogen-bond acceptors (Lipinski definition) is 11. The van der Waals surface area contributed by atoms with Crippen molar-refractivity contribution in [2.45, 2.75) is 30.7 Å². The monoisotopic (exact) mass is 422 g/mol. The van der Waals surface area contributed by atoms with Crippen LogP contribution in [0, 0.1) is 0 Å². The zero-order chi connectivity index (χ0) is 21.7. The van der Waals surface area contributed by atoms with Gasteiger partial charge in [0.15, 0.2) is 11.3 Å². The molecule has 1 aliphatic heterocycles. The quantitative estimate of drug-likeness (QED) is 0.263. The summed E-state index contributed by atoms with van der Waals surface area (Å²) in [6.07, 6.45) is -8.07. The third-order valence-electron chi connectivity index (χ3n) is 4.92. The standard InChI is InChI=1S/C19H18O11/c20-5-11-14(25)15(26)16(27)19(29-11)30-17-9(23)4-8(22)12-13(24)7-3-6(21)1-2-10(7)28-18(12)17/h1-4,11,14-16,19-23,25-27H,5H2/t11-,14+,15-,16-,19-/m1/s1. The molecule has 3 aromatic rings. The Bertz CT molecular complexity index is 1170. The molecule has 1 aromatic heterocycles. The third kappa shape index (κ3) is 3.09. The Kier molecular flexibility index (Phi) is 4.92. The fourth-order valence-corrected chi connectivity index (χ4v) is 3.35. The van der Waals surface area contributed by atoms with Crippen LogP contribution in [0.5, 0.6) is 23.0 Å². The van der Waals surface area contributed by atoms with Crippen LogP contribution < -0.4 is 10.2 Å². The fraction of sp³-hybridized carbons (Fsp3) is 0.316. The first-order valence-electron chi connectivity index (χ1n) is 8.84. The molecule has 0 aliphatic carbocycles. The molecular weight excluding hydrogens is 404 g/mol. The second-order valence-corrected chi connectivity index (χ2v) is 6.87. The lowest BCUT2D eigenvalue weighted by Crippen LogP contribution is -2.60.